The molecule has 1 aromatic heterocycles. The summed E-state index contributed by atoms with van der Waals surface area (Å²) in [5.74, 6) is 0.226. The summed E-state index contributed by atoms with van der Waals surface area (Å²) >= 11 is 0. The minimum absolute atomic E-state index is 0.160. The molecule has 0 radical (unpaired) electrons. The maximum Gasteiger partial charge on any atom is 0.271 e. The molecule has 0 spiro atoms. The van der Waals surface area contributed by atoms with Crippen molar-refractivity contribution >= 4 is 11.6 Å². The van der Waals surface area contributed by atoms with Crippen LogP contribution in [0.5, 0.6) is 0 Å². The SMILES string of the molecule is Cc1nn(C)c(C(=O)NCC(C)C(C)(C)C)c1N. The van der Waals surface area contributed by atoms with Gasteiger partial charge in [-0.3, -0.25) is 9.48 Å². The molecule has 1 heterocycles. The van der Waals surface area contributed by atoms with Crippen LogP contribution < -0.4 is 11.1 Å². The molecule has 0 saturated heterocycles. The van der Waals surface area contributed by atoms with E-state index in [-0.39, 0.29) is 11.3 Å². The number of nitrogens with two attached hydrogens (primary N) is 1. The Bertz CT molecular complexity index is 443. The molecule has 0 fully saturated rings. The number of hydrogen-bond acceptors (Lipinski definition) is 3. The Hall–Kier alpha value is -1.52. The van der Waals surface area contributed by atoms with Gasteiger partial charge in [0.2, 0.25) is 0 Å². The van der Waals surface area contributed by atoms with Crippen molar-refractivity contribution in [2.24, 2.45) is 18.4 Å². The third-order valence-corrected chi connectivity index (χ3v) is 3.53. The van der Waals surface area contributed by atoms with Crippen LogP contribution in [0.3, 0.4) is 0 Å². The number of nitrogen functional groups attached to an aromatic ring is 1. The average molecular weight is 252 g/mol. The van der Waals surface area contributed by atoms with Crippen LogP contribution in [0.25, 0.3) is 0 Å². The summed E-state index contributed by atoms with van der Waals surface area (Å²) in [5, 5.41) is 7.06. The van der Waals surface area contributed by atoms with Gasteiger partial charge in [-0.2, -0.15) is 5.10 Å². The highest BCUT2D eigenvalue weighted by molar-refractivity contribution is 5.97. The molecule has 1 amide bonds. The zero-order valence-electron chi connectivity index (χ0n) is 12.2. The molecule has 5 nitrogen and oxygen atoms in total. The Morgan fingerprint density at radius 2 is 2.06 bits per heavy atom. The first-order valence-corrected chi connectivity index (χ1v) is 6.22. The van der Waals surface area contributed by atoms with Crippen molar-refractivity contribution in [3.63, 3.8) is 0 Å². The number of anilines is 1. The van der Waals surface area contributed by atoms with Gasteiger partial charge in [-0.25, -0.2) is 0 Å². The maximum absolute atomic E-state index is 12.1. The van der Waals surface area contributed by atoms with Gasteiger partial charge in [0, 0.05) is 13.6 Å². The zero-order chi connectivity index (χ0) is 14.1. The first kappa shape index (κ1) is 14.5. The number of aromatic nitrogens is 2. The number of carbonyl (C=O) groups is 1. The summed E-state index contributed by atoms with van der Waals surface area (Å²) in [4.78, 5) is 12.1. The Kier molecular flexibility index (Phi) is 4.04. The van der Waals surface area contributed by atoms with Gasteiger partial charge < -0.3 is 11.1 Å². The number of carbonyl (C=O) groups excluding carboxylic acids is 1. The zero-order valence-corrected chi connectivity index (χ0v) is 12.2. The van der Waals surface area contributed by atoms with E-state index in [1.54, 1.807) is 14.0 Å². The lowest BCUT2D eigenvalue weighted by molar-refractivity contribution is 0.0928. The van der Waals surface area contributed by atoms with E-state index in [1.807, 2.05) is 0 Å². The van der Waals surface area contributed by atoms with Crippen LogP contribution in [-0.2, 0) is 7.05 Å². The Morgan fingerprint density at radius 1 is 1.50 bits per heavy atom. The maximum atomic E-state index is 12.1. The highest BCUT2D eigenvalue weighted by Crippen LogP contribution is 2.24. The molecule has 0 aliphatic heterocycles. The second-order valence-corrected chi connectivity index (χ2v) is 5.95. The van der Waals surface area contributed by atoms with E-state index in [4.69, 9.17) is 5.73 Å². The summed E-state index contributed by atoms with van der Waals surface area (Å²) in [6.45, 7) is 11.0. The number of amides is 1. The molecule has 102 valence electrons. The van der Waals surface area contributed by atoms with Crippen molar-refractivity contribution in [3.05, 3.63) is 11.4 Å². The van der Waals surface area contributed by atoms with E-state index in [2.05, 4.69) is 38.1 Å². The van der Waals surface area contributed by atoms with Crippen molar-refractivity contribution in [1.29, 1.82) is 0 Å². The second kappa shape index (κ2) is 5.00. The van der Waals surface area contributed by atoms with Crippen LogP contribution in [0.15, 0.2) is 0 Å². The predicted molar refractivity (Wildman–Crippen MR) is 73.3 cm³/mol. The topological polar surface area (TPSA) is 72.9 Å². The first-order valence-electron chi connectivity index (χ1n) is 6.22. The van der Waals surface area contributed by atoms with E-state index >= 15 is 0 Å². The van der Waals surface area contributed by atoms with Crippen molar-refractivity contribution in [2.45, 2.75) is 34.6 Å². The Morgan fingerprint density at radius 3 is 2.44 bits per heavy atom. The highest BCUT2D eigenvalue weighted by Gasteiger charge is 2.22. The van der Waals surface area contributed by atoms with E-state index in [0.29, 0.717) is 29.5 Å². The molecule has 5 heteroatoms. The predicted octanol–water partition coefficient (Wildman–Crippen LogP) is 1.72. The van der Waals surface area contributed by atoms with Crippen molar-refractivity contribution < 1.29 is 4.79 Å². The first-order chi connectivity index (χ1) is 8.14. The summed E-state index contributed by atoms with van der Waals surface area (Å²) in [7, 11) is 1.73. The molecule has 0 aromatic carbocycles. The monoisotopic (exact) mass is 252 g/mol. The van der Waals surface area contributed by atoms with Gasteiger partial charge in [0.25, 0.3) is 5.91 Å². The van der Waals surface area contributed by atoms with Crippen LogP contribution in [0.1, 0.15) is 43.9 Å². The summed E-state index contributed by atoms with van der Waals surface area (Å²) < 4.78 is 1.53. The third-order valence-electron chi connectivity index (χ3n) is 3.53. The molecular formula is C13H24N4O. The van der Waals surface area contributed by atoms with Gasteiger partial charge in [-0.05, 0) is 18.3 Å². The summed E-state index contributed by atoms with van der Waals surface area (Å²) in [6, 6.07) is 0. The van der Waals surface area contributed by atoms with Gasteiger partial charge in [-0.1, -0.05) is 27.7 Å². The number of hydrogen-bond donors (Lipinski definition) is 2. The van der Waals surface area contributed by atoms with E-state index in [9.17, 15) is 4.79 Å². The lowest BCUT2D eigenvalue weighted by Gasteiger charge is -2.27. The van der Waals surface area contributed by atoms with Crippen LogP contribution >= 0.6 is 0 Å². The molecule has 0 aliphatic carbocycles. The molecule has 1 unspecified atom stereocenters. The second-order valence-electron chi connectivity index (χ2n) is 5.95. The third kappa shape index (κ3) is 3.03. The number of rotatable bonds is 3. The van der Waals surface area contributed by atoms with Crippen LogP contribution in [0.4, 0.5) is 5.69 Å². The minimum atomic E-state index is -0.160. The van der Waals surface area contributed by atoms with E-state index in [0.717, 1.165) is 0 Å². The normalized spacial score (nSPS) is 13.4. The number of nitrogens with zero attached hydrogens (tertiary/aromatic N) is 2. The summed E-state index contributed by atoms with van der Waals surface area (Å²) in [6.07, 6.45) is 0. The molecule has 0 saturated carbocycles. The number of nitrogens with one attached hydrogen (secondary N) is 1. The molecule has 1 aromatic rings. The molecular weight excluding hydrogens is 228 g/mol. The van der Waals surface area contributed by atoms with Crippen LogP contribution in [0.2, 0.25) is 0 Å². The molecule has 1 atom stereocenters. The van der Waals surface area contributed by atoms with Gasteiger partial charge >= 0.3 is 0 Å². The average Bonchev–Trinajstić information content (AvgIpc) is 2.48. The smallest absolute Gasteiger partial charge is 0.271 e. The lowest BCUT2D eigenvalue weighted by atomic mass is 9.82. The Labute approximate surface area is 109 Å². The van der Waals surface area contributed by atoms with Crippen LogP contribution in [0, 0.1) is 18.3 Å². The van der Waals surface area contributed by atoms with E-state index < -0.39 is 0 Å². The largest absolute Gasteiger partial charge is 0.395 e. The lowest BCUT2D eigenvalue weighted by Crippen LogP contribution is -2.34. The molecule has 0 aliphatic rings. The van der Waals surface area contributed by atoms with Crippen LogP contribution in [-0.4, -0.2) is 22.2 Å². The molecule has 3 N–H and O–H groups in total. The minimum Gasteiger partial charge on any atom is -0.395 e. The van der Waals surface area contributed by atoms with Gasteiger partial charge in [0.1, 0.15) is 5.69 Å². The summed E-state index contributed by atoms with van der Waals surface area (Å²) in [5.41, 5.74) is 7.60. The molecule has 1 rings (SSSR count). The standard InChI is InChI=1S/C13H24N4O/c1-8(13(3,4)5)7-15-12(18)11-10(14)9(2)16-17(11)6/h8H,7,14H2,1-6H3,(H,15,18). The molecule has 18 heavy (non-hydrogen) atoms. The van der Waals surface area contributed by atoms with Gasteiger partial charge in [0.05, 0.1) is 11.4 Å². The fourth-order valence-electron chi connectivity index (χ4n) is 1.58. The number of aryl methyl sites for hydroxylation is 2. The van der Waals surface area contributed by atoms with E-state index in [1.165, 1.54) is 4.68 Å². The van der Waals surface area contributed by atoms with Gasteiger partial charge in [0.15, 0.2) is 0 Å². The highest BCUT2D eigenvalue weighted by atomic mass is 16.2. The van der Waals surface area contributed by atoms with Crippen molar-refractivity contribution in [1.82, 2.24) is 15.1 Å². The molecule has 0 bridgehead atoms. The Balaban J connectivity index is 2.73. The fraction of sp³-hybridized carbons (Fsp3) is 0.692. The van der Waals surface area contributed by atoms with Crippen molar-refractivity contribution in [2.75, 3.05) is 12.3 Å². The van der Waals surface area contributed by atoms with Gasteiger partial charge in [-0.15, -0.1) is 0 Å². The fourth-order valence-corrected chi connectivity index (χ4v) is 1.58. The quantitative estimate of drug-likeness (QED) is 0.860. The van der Waals surface area contributed by atoms with Crippen molar-refractivity contribution in [3.8, 4) is 0 Å².